The minimum Gasteiger partial charge on any atom is -0.202 e. The Morgan fingerprint density at radius 2 is 1.77 bits per heavy atom. The Morgan fingerprint density at radius 1 is 1.15 bits per heavy atom. The highest BCUT2D eigenvalue weighted by Crippen LogP contribution is 2.23. The summed E-state index contributed by atoms with van der Waals surface area (Å²) >= 11 is 0. The first-order chi connectivity index (χ1) is 6.29. The molecule has 1 aliphatic heterocycles. The zero-order valence-electron chi connectivity index (χ0n) is 8.96. The van der Waals surface area contributed by atoms with Crippen LogP contribution in [0.3, 0.4) is 0 Å². The number of hydrogen-bond acceptors (Lipinski definition) is 0. The van der Waals surface area contributed by atoms with Gasteiger partial charge < -0.3 is 0 Å². The molecule has 0 saturated heterocycles. The highest BCUT2D eigenvalue weighted by atomic mass is 15.0. The third-order valence-corrected chi connectivity index (χ3v) is 2.37. The van der Waals surface area contributed by atoms with Crippen molar-refractivity contribution in [2.24, 2.45) is 0 Å². The van der Waals surface area contributed by atoms with Crippen molar-refractivity contribution in [1.29, 1.82) is 0 Å². The van der Waals surface area contributed by atoms with Crippen molar-refractivity contribution in [2.45, 2.75) is 27.2 Å². The SMILES string of the molecule is CC.CC1=[N+](C)c2ccccc2C1. The standard InChI is InChI=1S/C10H12N.C2H6/c1-8-7-9-5-3-4-6-10(9)11(8)2;1-2/h3-6H,7H2,1-2H3;1-2H3/q+1;. The average molecular weight is 176 g/mol. The van der Waals surface area contributed by atoms with E-state index in [4.69, 9.17) is 0 Å². The van der Waals surface area contributed by atoms with Crippen LogP contribution in [0.5, 0.6) is 0 Å². The molecule has 0 unspecified atom stereocenters. The second-order valence-electron chi connectivity index (χ2n) is 3.10. The molecule has 1 aromatic rings. The van der Waals surface area contributed by atoms with Gasteiger partial charge in [0.15, 0.2) is 5.71 Å². The molecule has 0 radical (unpaired) electrons. The Labute approximate surface area is 80.7 Å². The summed E-state index contributed by atoms with van der Waals surface area (Å²) in [6.45, 7) is 6.18. The smallest absolute Gasteiger partial charge is 0.202 e. The second kappa shape index (κ2) is 4.22. The molecule has 1 aliphatic rings. The maximum Gasteiger partial charge on any atom is 0.208 e. The molecule has 0 bridgehead atoms. The van der Waals surface area contributed by atoms with Crippen LogP contribution in [0, 0.1) is 0 Å². The number of nitrogens with zero attached hydrogens (tertiary/aromatic N) is 1. The molecule has 0 atom stereocenters. The molecule has 0 spiro atoms. The predicted molar refractivity (Wildman–Crippen MR) is 58.0 cm³/mol. The number of para-hydroxylation sites is 1. The summed E-state index contributed by atoms with van der Waals surface area (Å²) in [6, 6.07) is 8.56. The van der Waals surface area contributed by atoms with E-state index in [1.165, 1.54) is 17.0 Å². The molecular formula is C12H18N+. The molecule has 1 aromatic carbocycles. The van der Waals surface area contributed by atoms with Gasteiger partial charge in [-0.3, -0.25) is 0 Å². The fraction of sp³-hybridized carbons (Fsp3) is 0.417. The van der Waals surface area contributed by atoms with Crippen molar-refractivity contribution in [1.82, 2.24) is 0 Å². The van der Waals surface area contributed by atoms with Gasteiger partial charge in [0.25, 0.3) is 0 Å². The van der Waals surface area contributed by atoms with Crippen molar-refractivity contribution in [3.05, 3.63) is 29.8 Å². The summed E-state index contributed by atoms with van der Waals surface area (Å²) in [5.74, 6) is 0. The van der Waals surface area contributed by atoms with E-state index >= 15 is 0 Å². The lowest BCUT2D eigenvalue weighted by molar-refractivity contribution is -0.402. The number of rotatable bonds is 0. The second-order valence-corrected chi connectivity index (χ2v) is 3.10. The molecule has 1 heteroatoms. The lowest BCUT2D eigenvalue weighted by atomic mass is 10.1. The zero-order valence-corrected chi connectivity index (χ0v) is 8.96. The van der Waals surface area contributed by atoms with Crippen LogP contribution in [0.1, 0.15) is 26.3 Å². The van der Waals surface area contributed by atoms with Gasteiger partial charge in [-0.05, 0) is 0 Å². The van der Waals surface area contributed by atoms with Crippen LogP contribution in [0.15, 0.2) is 24.3 Å². The molecule has 13 heavy (non-hydrogen) atoms. The van der Waals surface area contributed by atoms with Gasteiger partial charge in [-0.25, -0.2) is 4.58 Å². The molecule has 70 valence electrons. The molecule has 2 rings (SSSR count). The van der Waals surface area contributed by atoms with E-state index in [1.807, 2.05) is 13.8 Å². The van der Waals surface area contributed by atoms with Gasteiger partial charge in [0.1, 0.15) is 7.05 Å². The van der Waals surface area contributed by atoms with Crippen LogP contribution in [0.2, 0.25) is 0 Å². The summed E-state index contributed by atoms with van der Waals surface area (Å²) in [7, 11) is 2.13. The first-order valence-corrected chi connectivity index (χ1v) is 4.93. The van der Waals surface area contributed by atoms with Gasteiger partial charge in [0, 0.05) is 18.6 Å². The molecule has 0 aromatic heterocycles. The van der Waals surface area contributed by atoms with E-state index in [-0.39, 0.29) is 0 Å². The van der Waals surface area contributed by atoms with Crippen molar-refractivity contribution in [2.75, 3.05) is 7.05 Å². The predicted octanol–water partition coefficient (Wildman–Crippen LogP) is 3.00. The van der Waals surface area contributed by atoms with Crippen molar-refractivity contribution < 1.29 is 4.58 Å². The van der Waals surface area contributed by atoms with E-state index in [1.54, 1.807) is 0 Å². The zero-order chi connectivity index (χ0) is 9.84. The van der Waals surface area contributed by atoms with E-state index in [0.717, 1.165) is 6.42 Å². The molecule has 1 heterocycles. The average Bonchev–Trinajstić information content (AvgIpc) is 2.47. The monoisotopic (exact) mass is 176 g/mol. The molecular weight excluding hydrogens is 158 g/mol. The third kappa shape index (κ3) is 1.80. The fourth-order valence-corrected chi connectivity index (χ4v) is 1.59. The maximum absolute atomic E-state index is 2.26. The number of fused-ring (bicyclic) bond motifs is 1. The van der Waals surface area contributed by atoms with Gasteiger partial charge in [0.05, 0.1) is 6.42 Å². The van der Waals surface area contributed by atoms with Crippen LogP contribution < -0.4 is 0 Å². The molecule has 0 saturated carbocycles. The van der Waals surface area contributed by atoms with Crippen LogP contribution in [0.4, 0.5) is 5.69 Å². The Balaban J connectivity index is 0.000000396. The van der Waals surface area contributed by atoms with Crippen molar-refractivity contribution in [3.63, 3.8) is 0 Å². The molecule has 0 aliphatic carbocycles. The summed E-state index contributed by atoms with van der Waals surface area (Å²) in [5, 5.41) is 0. The minimum atomic E-state index is 1.12. The number of benzene rings is 1. The normalized spacial score (nSPS) is 13.5. The van der Waals surface area contributed by atoms with Gasteiger partial charge in [-0.15, -0.1) is 0 Å². The highest BCUT2D eigenvalue weighted by Gasteiger charge is 2.21. The fourth-order valence-electron chi connectivity index (χ4n) is 1.59. The summed E-state index contributed by atoms with van der Waals surface area (Å²) < 4.78 is 2.26. The van der Waals surface area contributed by atoms with Gasteiger partial charge in [-0.2, -0.15) is 0 Å². The largest absolute Gasteiger partial charge is 0.208 e. The Hall–Kier alpha value is -1.11. The van der Waals surface area contributed by atoms with Gasteiger partial charge in [-0.1, -0.05) is 32.0 Å². The Bertz CT molecular complexity index is 324. The summed E-state index contributed by atoms with van der Waals surface area (Å²) in [4.78, 5) is 0. The highest BCUT2D eigenvalue weighted by molar-refractivity contribution is 5.84. The summed E-state index contributed by atoms with van der Waals surface area (Å²) in [6.07, 6.45) is 1.12. The maximum atomic E-state index is 2.26. The molecule has 1 nitrogen and oxygen atoms in total. The van der Waals surface area contributed by atoms with E-state index < -0.39 is 0 Å². The lowest BCUT2D eigenvalue weighted by Crippen LogP contribution is -2.02. The van der Waals surface area contributed by atoms with Crippen LogP contribution in [-0.4, -0.2) is 17.3 Å². The molecule has 0 N–H and O–H groups in total. The summed E-state index contributed by atoms with van der Waals surface area (Å²) in [5.41, 5.74) is 4.25. The first-order valence-electron chi connectivity index (χ1n) is 4.93. The van der Waals surface area contributed by atoms with Gasteiger partial charge in [0.2, 0.25) is 5.69 Å². The van der Waals surface area contributed by atoms with Crippen molar-refractivity contribution >= 4 is 11.4 Å². The first kappa shape index (κ1) is 9.97. The Kier molecular flexibility index (Phi) is 3.24. The molecule has 0 amide bonds. The van der Waals surface area contributed by atoms with E-state index in [0.29, 0.717) is 0 Å². The Morgan fingerprint density at radius 3 is 2.38 bits per heavy atom. The molecule has 0 fully saturated rings. The lowest BCUT2D eigenvalue weighted by Gasteiger charge is -1.91. The van der Waals surface area contributed by atoms with E-state index in [9.17, 15) is 0 Å². The number of hydrogen-bond donors (Lipinski definition) is 0. The minimum absolute atomic E-state index is 1.12. The van der Waals surface area contributed by atoms with Crippen LogP contribution >= 0.6 is 0 Å². The van der Waals surface area contributed by atoms with Gasteiger partial charge >= 0.3 is 0 Å². The van der Waals surface area contributed by atoms with Crippen molar-refractivity contribution in [3.8, 4) is 0 Å². The third-order valence-electron chi connectivity index (χ3n) is 2.37. The van der Waals surface area contributed by atoms with Crippen LogP contribution in [-0.2, 0) is 6.42 Å². The topological polar surface area (TPSA) is 3.01 Å². The van der Waals surface area contributed by atoms with Crippen LogP contribution in [0.25, 0.3) is 0 Å². The quantitative estimate of drug-likeness (QED) is 0.535. The van der Waals surface area contributed by atoms with E-state index in [2.05, 4.69) is 42.8 Å².